The zero-order valence-electron chi connectivity index (χ0n) is 10.7. The Kier molecular flexibility index (Phi) is 5.21. The van der Waals surface area contributed by atoms with E-state index in [9.17, 15) is 13.6 Å². The van der Waals surface area contributed by atoms with Crippen molar-refractivity contribution in [2.75, 3.05) is 0 Å². The highest BCUT2D eigenvalue weighted by atomic mass is 79.9. The molecule has 0 aliphatic carbocycles. The smallest absolute Gasteiger partial charge is 0.387 e. The first-order valence-corrected chi connectivity index (χ1v) is 6.78. The molecule has 4 nitrogen and oxygen atoms in total. The summed E-state index contributed by atoms with van der Waals surface area (Å²) in [6.07, 6.45) is 0. The molecule has 1 aromatic carbocycles. The van der Waals surface area contributed by atoms with Gasteiger partial charge >= 0.3 is 6.61 Å². The van der Waals surface area contributed by atoms with Crippen molar-refractivity contribution in [1.29, 1.82) is 0 Å². The van der Waals surface area contributed by atoms with Crippen LogP contribution in [-0.2, 0) is 6.54 Å². The van der Waals surface area contributed by atoms with E-state index in [4.69, 9.17) is 0 Å². The fourth-order valence-corrected chi connectivity index (χ4v) is 1.94. The SMILES string of the molecule is O=C(NCc1ccc(OC(F)F)cc1)c1cccc(Br)n1. The van der Waals surface area contributed by atoms with Gasteiger partial charge in [0.05, 0.1) is 0 Å². The third-order valence-electron chi connectivity index (χ3n) is 2.55. The van der Waals surface area contributed by atoms with Crippen molar-refractivity contribution < 1.29 is 18.3 Å². The van der Waals surface area contributed by atoms with Gasteiger partial charge in [-0.25, -0.2) is 4.98 Å². The summed E-state index contributed by atoms with van der Waals surface area (Å²) in [7, 11) is 0. The highest BCUT2D eigenvalue weighted by molar-refractivity contribution is 9.10. The molecule has 0 spiro atoms. The Morgan fingerprint density at radius 3 is 2.57 bits per heavy atom. The standard InChI is InChI=1S/C14H11BrF2N2O2/c15-12-3-1-2-11(19-12)13(20)18-8-9-4-6-10(7-5-9)21-14(16)17/h1-7,14H,8H2,(H,18,20). The minimum absolute atomic E-state index is 0.0775. The van der Waals surface area contributed by atoms with Crippen LogP contribution >= 0.6 is 15.9 Å². The molecule has 0 saturated heterocycles. The van der Waals surface area contributed by atoms with Crippen LogP contribution in [0.2, 0.25) is 0 Å². The third kappa shape index (κ3) is 4.78. The minimum Gasteiger partial charge on any atom is -0.435 e. The molecular formula is C14H11BrF2N2O2. The first kappa shape index (κ1) is 15.4. The highest BCUT2D eigenvalue weighted by Crippen LogP contribution is 2.15. The topological polar surface area (TPSA) is 51.2 Å². The second-order valence-electron chi connectivity index (χ2n) is 4.05. The molecule has 0 bridgehead atoms. The molecule has 0 saturated carbocycles. The molecule has 1 aromatic heterocycles. The normalized spacial score (nSPS) is 10.5. The van der Waals surface area contributed by atoms with Gasteiger partial charge in [0.1, 0.15) is 16.0 Å². The average molecular weight is 357 g/mol. The minimum atomic E-state index is -2.85. The number of carbonyl (C=O) groups excluding carboxylic acids is 1. The Morgan fingerprint density at radius 2 is 1.95 bits per heavy atom. The highest BCUT2D eigenvalue weighted by Gasteiger charge is 2.08. The lowest BCUT2D eigenvalue weighted by atomic mass is 10.2. The summed E-state index contributed by atoms with van der Waals surface area (Å²) < 4.78 is 28.8. The zero-order valence-corrected chi connectivity index (χ0v) is 12.3. The van der Waals surface area contributed by atoms with Gasteiger partial charge in [0, 0.05) is 6.54 Å². The van der Waals surface area contributed by atoms with Crippen LogP contribution in [0.3, 0.4) is 0 Å². The number of ether oxygens (including phenoxy) is 1. The molecule has 0 radical (unpaired) electrons. The number of halogens is 3. The summed E-state index contributed by atoms with van der Waals surface area (Å²) in [5.74, 6) is -0.238. The average Bonchev–Trinajstić information content (AvgIpc) is 2.45. The maximum atomic E-state index is 12.0. The van der Waals surface area contributed by atoms with Gasteiger partial charge in [-0.1, -0.05) is 18.2 Å². The fourth-order valence-electron chi connectivity index (χ4n) is 1.60. The Morgan fingerprint density at radius 1 is 1.24 bits per heavy atom. The molecule has 110 valence electrons. The monoisotopic (exact) mass is 356 g/mol. The van der Waals surface area contributed by atoms with Crippen molar-refractivity contribution in [3.05, 3.63) is 58.3 Å². The Bertz CT molecular complexity index is 621. The quantitative estimate of drug-likeness (QED) is 0.835. The van der Waals surface area contributed by atoms with E-state index in [-0.39, 0.29) is 18.2 Å². The first-order valence-electron chi connectivity index (χ1n) is 5.99. The van der Waals surface area contributed by atoms with Crippen molar-refractivity contribution in [2.45, 2.75) is 13.2 Å². The molecule has 21 heavy (non-hydrogen) atoms. The molecule has 2 aromatic rings. The maximum absolute atomic E-state index is 12.0. The van der Waals surface area contributed by atoms with Crippen LogP contribution in [0.15, 0.2) is 47.1 Å². The van der Waals surface area contributed by atoms with Crippen molar-refractivity contribution in [3.8, 4) is 5.75 Å². The van der Waals surface area contributed by atoms with E-state index in [0.717, 1.165) is 5.56 Å². The summed E-state index contributed by atoms with van der Waals surface area (Å²) in [5, 5.41) is 2.69. The zero-order chi connectivity index (χ0) is 15.2. The molecule has 0 atom stereocenters. The number of nitrogens with one attached hydrogen (secondary N) is 1. The number of pyridine rings is 1. The summed E-state index contributed by atoms with van der Waals surface area (Å²) in [6, 6.07) is 11.1. The lowest BCUT2D eigenvalue weighted by Gasteiger charge is -2.07. The van der Waals surface area contributed by atoms with Crippen molar-refractivity contribution in [3.63, 3.8) is 0 Å². The first-order chi connectivity index (χ1) is 10.0. The molecule has 1 amide bonds. The van der Waals surface area contributed by atoms with E-state index in [1.807, 2.05) is 0 Å². The molecule has 0 fully saturated rings. The lowest BCUT2D eigenvalue weighted by molar-refractivity contribution is -0.0498. The van der Waals surface area contributed by atoms with E-state index in [0.29, 0.717) is 10.3 Å². The number of alkyl halides is 2. The fraction of sp³-hybridized carbons (Fsp3) is 0.143. The van der Waals surface area contributed by atoms with Crippen LogP contribution in [0.5, 0.6) is 5.75 Å². The van der Waals surface area contributed by atoms with Gasteiger partial charge in [-0.15, -0.1) is 0 Å². The van der Waals surface area contributed by atoms with Gasteiger partial charge in [-0.05, 0) is 45.8 Å². The van der Waals surface area contributed by atoms with Crippen molar-refractivity contribution in [2.24, 2.45) is 0 Å². The van der Waals surface area contributed by atoms with E-state index in [1.54, 1.807) is 30.3 Å². The van der Waals surface area contributed by atoms with E-state index >= 15 is 0 Å². The van der Waals surface area contributed by atoms with Gasteiger partial charge in [0.15, 0.2) is 0 Å². The number of hydrogen-bond donors (Lipinski definition) is 1. The molecule has 0 unspecified atom stereocenters. The van der Waals surface area contributed by atoms with Crippen LogP contribution in [-0.4, -0.2) is 17.5 Å². The van der Waals surface area contributed by atoms with Gasteiger partial charge in [-0.3, -0.25) is 4.79 Å². The van der Waals surface area contributed by atoms with Gasteiger partial charge < -0.3 is 10.1 Å². The molecule has 7 heteroatoms. The number of aromatic nitrogens is 1. The number of nitrogens with zero attached hydrogens (tertiary/aromatic N) is 1. The summed E-state index contributed by atoms with van der Waals surface area (Å²) in [4.78, 5) is 15.9. The van der Waals surface area contributed by atoms with E-state index in [1.165, 1.54) is 12.1 Å². The van der Waals surface area contributed by atoms with Crippen molar-refractivity contribution in [1.82, 2.24) is 10.3 Å². The summed E-state index contributed by atoms with van der Waals surface area (Å²) in [6.45, 7) is -2.58. The second-order valence-corrected chi connectivity index (χ2v) is 4.86. The number of hydrogen-bond acceptors (Lipinski definition) is 3. The molecule has 1 heterocycles. The Balaban J connectivity index is 1.92. The van der Waals surface area contributed by atoms with Crippen LogP contribution in [0, 0.1) is 0 Å². The summed E-state index contributed by atoms with van der Waals surface area (Å²) in [5.41, 5.74) is 1.06. The largest absolute Gasteiger partial charge is 0.435 e. The van der Waals surface area contributed by atoms with Crippen molar-refractivity contribution >= 4 is 21.8 Å². The third-order valence-corrected chi connectivity index (χ3v) is 2.99. The molecular weight excluding hydrogens is 346 g/mol. The Labute approximate surface area is 128 Å². The Hall–Kier alpha value is -2.02. The predicted molar refractivity (Wildman–Crippen MR) is 76.2 cm³/mol. The molecule has 1 N–H and O–H groups in total. The van der Waals surface area contributed by atoms with Gasteiger partial charge in [0.2, 0.25) is 0 Å². The number of amides is 1. The summed E-state index contributed by atoms with van der Waals surface area (Å²) >= 11 is 3.19. The van der Waals surface area contributed by atoms with Gasteiger partial charge in [-0.2, -0.15) is 8.78 Å². The number of carbonyl (C=O) groups is 1. The number of rotatable bonds is 5. The van der Waals surface area contributed by atoms with Crippen LogP contribution < -0.4 is 10.1 Å². The van der Waals surface area contributed by atoms with Crippen LogP contribution in [0.25, 0.3) is 0 Å². The molecule has 2 rings (SSSR count). The van der Waals surface area contributed by atoms with Gasteiger partial charge in [0.25, 0.3) is 5.91 Å². The molecule has 0 aliphatic heterocycles. The van der Waals surface area contributed by atoms with E-state index in [2.05, 4.69) is 31.0 Å². The van der Waals surface area contributed by atoms with Crippen LogP contribution in [0.1, 0.15) is 16.1 Å². The maximum Gasteiger partial charge on any atom is 0.387 e. The van der Waals surface area contributed by atoms with Crippen LogP contribution in [0.4, 0.5) is 8.78 Å². The second kappa shape index (κ2) is 7.12. The lowest BCUT2D eigenvalue weighted by Crippen LogP contribution is -2.23. The predicted octanol–water partition coefficient (Wildman–Crippen LogP) is 3.38. The molecule has 0 aliphatic rings. The van der Waals surface area contributed by atoms with E-state index < -0.39 is 6.61 Å². The number of benzene rings is 1.